The van der Waals surface area contributed by atoms with Crippen LogP contribution in [0.5, 0.6) is 0 Å². The number of carbonyl (C=O) groups excluding carboxylic acids is 1. The Morgan fingerprint density at radius 3 is 2.89 bits per heavy atom. The molecular weight excluding hydrogens is 348 g/mol. The van der Waals surface area contributed by atoms with Gasteiger partial charge in [-0.15, -0.1) is 0 Å². The third-order valence-electron chi connectivity index (χ3n) is 5.31. The Kier molecular flexibility index (Phi) is 3.41. The van der Waals surface area contributed by atoms with Gasteiger partial charge in [0.25, 0.3) is 5.91 Å². The lowest BCUT2D eigenvalue weighted by molar-refractivity contribution is -0.0816. The fourth-order valence-electron chi connectivity index (χ4n) is 3.86. The molecule has 1 atom stereocenters. The van der Waals surface area contributed by atoms with Gasteiger partial charge >= 0.3 is 5.69 Å². The van der Waals surface area contributed by atoms with Crippen molar-refractivity contribution < 1.29 is 9.53 Å². The van der Waals surface area contributed by atoms with Crippen LogP contribution in [-0.2, 0) is 24.9 Å². The summed E-state index contributed by atoms with van der Waals surface area (Å²) in [6.07, 6.45) is 2.18. The van der Waals surface area contributed by atoms with E-state index in [1.54, 1.807) is 16.5 Å². The van der Waals surface area contributed by atoms with E-state index in [9.17, 15) is 9.59 Å². The van der Waals surface area contributed by atoms with E-state index in [1.807, 2.05) is 24.3 Å². The number of aryl methyl sites for hydroxylation is 1. The molecule has 27 heavy (non-hydrogen) atoms. The normalized spacial score (nSPS) is 21.7. The molecule has 9 heteroatoms. The fraction of sp³-hybridized carbons (Fsp3) is 0.389. The van der Waals surface area contributed by atoms with Crippen molar-refractivity contribution in [2.45, 2.75) is 25.2 Å². The molecule has 1 amide bonds. The molecule has 2 aromatic heterocycles. The highest BCUT2D eigenvalue weighted by atomic mass is 16.5. The number of carbonyl (C=O) groups is 1. The quantitative estimate of drug-likeness (QED) is 0.616. The van der Waals surface area contributed by atoms with E-state index >= 15 is 0 Å². The first kappa shape index (κ1) is 16.1. The Morgan fingerprint density at radius 2 is 2.04 bits per heavy atom. The van der Waals surface area contributed by atoms with Gasteiger partial charge in [-0.25, -0.2) is 14.5 Å². The number of fused-ring (bicyclic) bond motifs is 2. The Hall–Kier alpha value is -3.07. The highest BCUT2D eigenvalue weighted by Gasteiger charge is 2.45. The van der Waals surface area contributed by atoms with E-state index in [0.29, 0.717) is 43.1 Å². The first-order valence-electron chi connectivity index (χ1n) is 8.82. The van der Waals surface area contributed by atoms with Gasteiger partial charge in [-0.2, -0.15) is 5.10 Å². The molecule has 1 aromatic carbocycles. The molecule has 1 saturated heterocycles. The SMILES string of the molecule is Cn1nc2n(c1=O)CC1(CCN(C(=O)c3cnc4ccccc4n3)C1)OC2. The zero-order valence-corrected chi connectivity index (χ0v) is 14.8. The van der Waals surface area contributed by atoms with Crippen molar-refractivity contribution in [3.8, 4) is 0 Å². The predicted molar refractivity (Wildman–Crippen MR) is 95.0 cm³/mol. The van der Waals surface area contributed by atoms with Gasteiger partial charge in [0.15, 0.2) is 5.82 Å². The summed E-state index contributed by atoms with van der Waals surface area (Å²) in [7, 11) is 1.63. The van der Waals surface area contributed by atoms with Gasteiger partial charge in [-0.1, -0.05) is 12.1 Å². The Labute approximate surface area is 154 Å². The van der Waals surface area contributed by atoms with Crippen molar-refractivity contribution >= 4 is 16.9 Å². The van der Waals surface area contributed by atoms with Crippen molar-refractivity contribution in [1.29, 1.82) is 0 Å². The largest absolute Gasteiger partial charge is 0.363 e. The van der Waals surface area contributed by atoms with Gasteiger partial charge in [0.1, 0.15) is 17.9 Å². The summed E-state index contributed by atoms with van der Waals surface area (Å²) in [6, 6.07) is 7.46. The van der Waals surface area contributed by atoms with Gasteiger partial charge in [0.2, 0.25) is 0 Å². The van der Waals surface area contributed by atoms with Crippen LogP contribution in [0.25, 0.3) is 11.0 Å². The average Bonchev–Trinajstić information content (AvgIpc) is 3.23. The molecule has 9 nitrogen and oxygen atoms in total. The molecule has 0 saturated carbocycles. The lowest BCUT2D eigenvalue weighted by Crippen LogP contribution is -2.47. The van der Waals surface area contributed by atoms with Crippen molar-refractivity contribution in [2.75, 3.05) is 13.1 Å². The van der Waals surface area contributed by atoms with Crippen LogP contribution in [0.1, 0.15) is 22.7 Å². The standard InChI is InChI=1S/C18H18N6O3/c1-22-17(26)24-11-18(27-9-15(24)21-22)6-7-23(10-18)16(25)14-8-19-12-4-2-3-5-13(12)20-14/h2-5,8H,6-7,9-11H2,1H3. The topological polar surface area (TPSA) is 95.1 Å². The van der Waals surface area contributed by atoms with Crippen LogP contribution in [0.2, 0.25) is 0 Å². The summed E-state index contributed by atoms with van der Waals surface area (Å²) in [5.41, 5.74) is 1.06. The summed E-state index contributed by atoms with van der Waals surface area (Å²) in [5, 5.41) is 4.18. The second kappa shape index (κ2) is 5.71. The summed E-state index contributed by atoms with van der Waals surface area (Å²) in [6.45, 7) is 1.65. The number of amides is 1. The van der Waals surface area contributed by atoms with Crippen molar-refractivity contribution in [3.05, 3.63) is 52.5 Å². The molecular formula is C18H18N6O3. The van der Waals surface area contributed by atoms with Crippen LogP contribution in [0.15, 0.2) is 35.3 Å². The van der Waals surface area contributed by atoms with E-state index in [1.165, 1.54) is 10.9 Å². The number of aromatic nitrogens is 5. The number of para-hydroxylation sites is 2. The van der Waals surface area contributed by atoms with E-state index in [4.69, 9.17) is 4.74 Å². The van der Waals surface area contributed by atoms with E-state index in [0.717, 1.165) is 5.52 Å². The van der Waals surface area contributed by atoms with E-state index < -0.39 is 5.60 Å². The molecule has 0 radical (unpaired) electrons. The highest BCUT2D eigenvalue weighted by Crippen LogP contribution is 2.32. The van der Waals surface area contributed by atoms with Crippen molar-refractivity contribution in [3.63, 3.8) is 0 Å². The number of benzene rings is 1. The third kappa shape index (κ3) is 2.54. The average molecular weight is 366 g/mol. The number of ether oxygens (including phenoxy) is 1. The molecule has 1 spiro atoms. The first-order valence-corrected chi connectivity index (χ1v) is 8.82. The number of likely N-dealkylation sites (tertiary alicyclic amines) is 1. The third-order valence-corrected chi connectivity index (χ3v) is 5.31. The van der Waals surface area contributed by atoms with Gasteiger partial charge in [0.05, 0.1) is 30.3 Å². The van der Waals surface area contributed by atoms with Gasteiger partial charge in [-0.3, -0.25) is 14.3 Å². The van der Waals surface area contributed by atoms with Crippen LogP contribution in [0, 0.1) is 0 Å². The number of nitrogens with zero attached hydrogens (tertiary/aromatic N) is 6. The van der Waals surface area contributed by atoms with Crippen molar-refractivity contribution in [2.24, 2.45) is 7.05 Å². The molecule has 0 aliphatic carbocycles. The first-order chi connectivity index (χ1) is 13.0. The number of rotatable bonds is 1. The maximum atomic E-state index is 12.9. The zero-order valence-electron chi connectivity index (χ0n) is 14.8. The molecule has 1 unspecified atom stereocenters. The molecule has 4 heterocycles. The highest BCUT2D eigenvalue weighted by molar-refractivity contribution is 5.94. The minimum absolute atomic E-state index is 0.155. The molecule has 2 aliphatic heterocycles. The zero-order chi connectivity index (χ0) is 18.6. The van der Waals surface area contributed by atoms with Crippen LogP contribution < -0.4 is 5.69 Å². The van der Waals surface area contributed by atoms with Gasteiger partial charge in [0, 0.05) is 13.6 Å². The maximum absolute atomic E-state index is 12.9. The maximum Gasteiger partial charge on any atom is 0.345 e. The molecule has 0 N–H and O–H groups in total. The smallest absolute Gasteiger partial charge is 0.345 e. The fourth-order valence-corrected chi connectivity index (χ4v) is 3.86. The van der Waals surface area contributed by atoms with E-state index in [2.05, 4.69) is 15.1 Å². The van der Waals surface area contributed by atoms with Crippen LogP contribution in [0.4, 0.5) is 0 Å². The number of hydrogen-bond acceptors (Lipinski definition) is 6. The van der Waals surface area contributed by atoms with E-state index in [-0.39, 0.29) is 18.2 Å². The summed E-state index contributed by atoms with van der Waals surface area (Å²) < 4.78 is 9.01. The van der Waals surface area contributed by atoms with Crippen LogP contribution in [-0.4, -0.2) is 53.8 Å². The minimum Gasteiger partial charge on any atom is -0.363 e. The second-order valence-corrected chi connectivity index (χ2v) is 7.10. The molecule has 1 fully saturated rings. The molecule has 3 aromatic rings. The van der Waals surface area contributed by atoms with Gasteiger partial charge < -0.3 is 9.64 Å². The van der Waals surface area contributed by atoms with Crippen LogP contribution >= 0.6 is 0 Å². The van der Waals surface area contributed by atoms with Crippen LogP contribution in [0.3, 0.4) is 0 Å². The Bertz CT molecular complexity index is 1120. The Morgan fingerprint density at radius 1 is 1.22 bits per heavy atom. The van der Waals surface area contributed by atoms with Crippen molar-refractivity contribution in [1.82, 2.24) is 29.2 Å². The summed E-state index contributed by atoms with van der Waals surface area (Å²) >= 11 is 0. The summed E-state index contributed by atoms with van der Waals surface area (Å²) in [5.74, 6) is 0.455. The lowest BCUT2D eigenvalue weighted by Gasteiger charge is -2.33. The Balaban J connectivity index is 1.39. The minimum atomic E-state index is -0.556. The molecule has 2 aliphatic rings. The predicted octanol–water partition coefficient (Wildman–Crippen LogP) is 0.340. The molecule has 5 rings (SSSR count). The monoisotopic (exact) mass is 366 g/mol. The summed E-state index contributed by atoms with van der Waals surface area (Å²) in [4.78, 5) is 35.6. The molecule has 0 bridgehead atoms. The molecule has 138 valence electrons. The second-order valence-electron chi connectivity index (χ2n) is 7.10. The lowest BCUT2D eigenvalue weighted by atomic mass is 10.0. The van der Waals surface area contributed by atoms with Gasteiger partial charge in [-0.05, 0) is 18.6 Å². The number of hydrogen-bond donors (Lipinski definition) is 0.